The van der Waals surface area contributed by atoms with E-state index in [0.717, 1.165) is 18.2 Å². The molecule has 0 heterocycles. The first kappa shape index (κ1) is 17.7. The van der Waals surface area contributed by atoms with Crippen LogP contribution >= 0.6 is 0 Å². The molecule has 0 bridgehead atoms. The molecule has 2 aromatic carbocycles. The molecule has 0 saturated heterocycles. The summed E-state index contributed by atoms with van der Waals surface area (Å²) in [6, 6.07) is 2.83. The van der Waals surface area contributed by atoms with Crippen LogP contribution in [0.4, 0.5) is 0 Å². The van der Waals surface area contributed by atoms with E-state index in [1.165, 1.54) is 0 Å². The Hall–Kier alpha value is -3.10. The van der Waals surface area contributed by atoms with Crippen LogP contribution < -0.4 is 5.11 Å². The average molecular weight is 359 g/mol. The van der Waals surface area contributed by atoms with Crippen LogP contribution in [0.1, 0.15) is 49.7 Å². The van der Waals surface area contributed by atoms with E-state index in [9.17, 15) is 35.1 Å². The predicted octanol–water partition coefficient (Wildman–Crippen LogP) is 0.111. The summed E-state index contributed by atoms with van der Waals surface area (Å²) < 4.78 is 0. The lowest BCUT2D eigenvalue weighted by molar-refractivity contribution is -0.270. The Labute approximate surface area is 147 Å². The molecule has 26 heavy (non-hydrogen) atoms. The largest absolute Gasteiger partial charge is 0.872 e. The monoisotopic (exact) mass is 359 g/mol. The van der Waals surface area contributed by atoms with Gasteiger partial charge in [-0.3, -0.25) is 9.59 Å². The standard InChI is InChI=1S/C18H16O8/c19-2-1-7(6-20)13-12(23)5-10-15(17(13)25)18(26)14-9(16(10)24)3-8(21)4-11(14)22/h3-5,7,19-23,25H,1-2,6H2/p-1. The fraction of sp³-hybridized carbons (Fsp3) is 0.222. The summed E-state index contributed by atoms with van der Waals surface area (Å²) >= 11 is 0. The molecule has 0 amide bonds. The van der Waals surface area contributed by atoms with Crippen molar-refractivity contribution in [1.82, 2.24) is 0 Å². The molecule has 3 rings (SSSR count). The van der Waals surface area contributed by atoms with Gasteiger partial charge in [-0.2, -0.15) is 0 Å². The van der Waals surface area contributed by atoms with Crippen LogP contribution in [0.25, 0.3) is 0 Å². The lowest BCUT2D eigenvalue weighted by Gasteiger charge is -2.29. The Morgan fingerprint density at radius 2 is 1.54 bits per heavy atom. The highest BCUT2D eigenvalue weighted by Crippen LogP contribution is 2.44. The quantitative estimate of drug-likeness (QED) is 0.439. The number of phenolic OH excluding ortho intramolecular Hbond substituents is 3. The lowest BCUT2D eigenvalue weighted by atomic mass is 9.80. The molecule has 2 aromatic rings. The fourth-order valence-corrected chi connectivity index (χ4v) is 3.24. The summed E-state index contributed by atoms with van der Waals surface area (Å²) in [6.45, 7) is -0.920. The molecule has 0 fully saturated rings. The highest BCUT2D eigenvalue weighted by Gasteiger charge is 2.35. The van der Waals surface area contributed by atoms with Gasteiger partial charge in [0, 0.05) is 35.3 Å². The Kier molecular flexibility index (Phi) is 4.31. The number of ketones is 2. The summed E-state index contributed by atoms with van der Waals surface area (Å²) in [7, 11) is 0. The van der Waals surface area contributed by atoms with Crippen molar-refractivity contribution in [3.8, 4) is 23.0 Å². The number of benzene rings is 2. The number of hydrogen-bond donors (Lipinski definition) is 5. The normalized spacial score (nSPS) is 14.1. The molecule has 8 nitrogen and oxygen atoms in total. The number of aromatic hydroxyl groups is 3. The van der Waals surface area contributed by atoms with Crippen LogP contribution in [0.2, 0.25) is 0 Å². The SMILES string of the molecule is O=C1c2cc(O)cc(O)c2C(=O)c2c1cc(O)c(C(CO)CCO)c2[O-]. The first-order valence-corrected chi connectivity index (χ1v) is 7.75. The second-order valence-electron chi connectivity index (χ2n) is 6.00. The first-order valence-electron chi connectivity index (χ1n) is 7.75. The number of aliphatic hydroxyl groups is 2. The Balaban J connectivity index is 2.29. The first-order chi connectivity index (χ1) is 12.3. The molecule has 8 heteroatoms. The van der Waals surface area contributed by atoms with Gasteiger partial charge in [-0.15, -0.1) is 0 Å². The molecule has 0 spiro atoms. The van der Waals surface area contributed by atoms with Gasteiger partial charge in [0.05, 0.1) is 12.2 Å². The molecule has 5 N–H and O–H groups in total. The van der Waals surface area contributed by atoms with Gasteiger partial charge >= 0.3 is 0 Å². The molecule has 0 aliphatic heterocycles. The smallest absolute Gasteiger partial charge is 0.197 e. The van der Waals surface area contributed by atoms with Crippen molar-refractivity contribution >= 4 is 11.6 Å². The maximum absolute atomic E-state index is 12.8. The van der Waals surface area contributed by atoms with Crippen molar-refractivity contribution in [1.29, 1.82) is 0 Å². The predicted molar refractivity (Wildman–Crippen MR) is 85.7 cm³/mol. The number of hydrogen-bond acceptors (Lipinski definition) is 8. The number of carbonyl (C=O) groups is 2. The number of carbonyl (C=O) groups excluding carboxylic acids is 2. The molecular formula is C18H15O8-. The van der Waals surface area contributed by atoms with Crippen LogP contribution in [0, 0.1) is 0 Å². The molecule has 136 valence electrons. The number of aliphatic hydroxyl groups excluding tert-OH is 2. The third-order valence-corrected chi connectivity index (χ3v) is 4.45. The molecule has 1 aliphatic carbocycles. The summed E-state index contributed by atoms with van der Waals surface area (Å²) in [5.41, 5.74) is -1.83. The van der Waals surface area contributed by atoms with Gasteiger partial charge in [0.2, 0.25) is 0 Å². The van der Waals surface area contributed by atoms with E-state index in [-0.39, 0.29) is 29.7 Å². The van der Waals surface area contributed by atoms with E-state index in [2.05, 4.69) is 0 Å². The van der Waals surface area contributed by atoms with E-state index >= 15 is 0 Å². The van der Waals surface area contributed by atoms with E-state index in [4.69, 9.17) is 5.11 Å². The van der Waals surface area contributed by atoms with Crippen molar-refractivity contribution in [2.24, 2.45) is 0 Å². The van der Waals surface area contributed by atoms with Crippen LogP contribution in [0.5, 0.6) is 23.0 Å². The molecule has 0 saturated carbocycles. The zero-order valence-electron chi connectivity index (χ0n) is 13.4. The van der Waals surface area contributed by atoms with E-state index < -0.39 is 58.2 Å². The van der Waals surface area contributed by atoms with E-state index in [0.29, 0.717) is 0 Å². The third kappa shape index (κ3) is 2.47. The molecule has 0 radical (unpaired) electrons. The van der Waals surface area contributed by atoms with Crippen molar-refractivity contribution < 1.29 is 40.2 Å². The Bertz CT molecular complexity index is 932. The van der Waals surface area contributed by atoms with Gasteiger partial charge in [-0.25, -0.2) is 0 Å². The summed E-state index contributed by atoms with van der Waals surface area (Å²) in [4.78, 5) is 25.4. The lowest BCUT2D eigenvalue weighted by Crippen LogP contribution is -2.24. The number of rotatable bonds is 4. The van der Waals surface area contributed by atoms with Crippen molar-refractivity contribution in [2.75, 3.05) is 13.2 Å². The summed E-state index contributed by atoms with van der Waals surface area (Å²) in [6.07, 6.45) is -0.0318. The van der Waals surface area contributed by atoms with Crippen molar-refractivity contribution in [3.05, 3.63) is 46.0 Å². The van der Waals surface area contributed by atoms with Crippen molar-refractivity contribution in [3.63, 3.8) is 0 Å². The highest BCUT2D eigenvalue weighted by atomic mass is 16.3. The number of phenols is 3. The second-order valence-corrected chi connectivity index (χ2v) is 6.00. The number of fused-ring (bicyclic) bond motifs is 2. The zero-order chi connectivity index (χ0) is 19.2. The summed E-state index contributed by atoms with van der Waals surface area (Å²) in [5.74, 6) is -5.24. The van der Waals surface area contributed by atoms with Gasteiger partial charge in [-0.05, 0) is 24.1 Å². The van der Waals surface area contributed by atoms with Crippen LogP contribution in [0.15, 0.2) is 18.2 Å². The minimum absolute atomic E-state index is 0.0318. The molecule has 0 aromatic heterocycles. The topological polar surface area (TPSA) is 158 Å². The maximum atomic E-state index is 12.8. The third-order valence-electron chi connectivity index (χ3n) is 4.45. The van der Waals surface area contributed by atoms with Gasteiger partial charge < -0.3 is 30.6 Å². The minimum atomic E-state index is -0.941. The van der Waals surface area contributed by atoms with Gasteiger partial charge in [0.15, 0.2) is 11.6 Å². The van der Waals surface area contributed by atoms with E-state index in [1.807, 2.05) is 0 Å². The average Bonchev–Trinajstić information content (AvgIpc) is 2.57. The molecular weight excluding hydrogens is 344 g/mol. The maximum Gasteiger partial charge on any atom is 0.197 e. The van der Waals surface area contributed by atoms with Crippen LogP contribution in [-0.4, -0.2) is 50.3 Å². The Morgan fingerprint density at radius 3 is 2.15 bits per heavy atom. The molecule has 1 unspecified atom stereocenters. The molecule has 1 aliphatic rings. The fourth-order valence-electron chi connectivity index (χ4n) is 3.24. The van der Waals surface area contributed by atoms with Crippen LogP contribution in [0.3, 0.4) is 0 Å². The van der Waals surface area contributed by atoms with Gasteiger partial charge in [0.1, 0.15) is 17.2 Å². The summed E-state index contributed by atoms with van der Waals surface area (Å²) in [5, 5.41) is 61.0. The van der Waals surface area contributed by atoms with E-state index in [1.54, 1.807) is 0 Å². The minimum Gasteiger partial charge on any atom is -0.872 e. The zero-order valence-corrected chi connectivity index (χ0v) is 13.4. The van der Waals surface area contributed by atoms with Gasteiger partial charge in [-0.1, -0.05) is 5.75 Å². The Morgan fingerprint density at radius 1 is 0.885 bits per heavy atom. The van der Waals surface area contributed by atoms with Crippen LogP contribution in [-0.2, 0) is 0 Å². The van der Waals surface area contributed by atoms with Gasteiger partial charge in [0.25, 0.3) is 0 Å². The van der Waals surface area contributed by atoms with Crippen molar-refractivity contribution in [2.45, 2.75) is 12.3 Å². The molecule has 1 atom stereocenters. The second kappa shape index (κ2) is 6.32. The highest BCUT2D eigenvalue weighted by molar-refractivity contribution is 6.30.